The monoisotopic (exact) mass is 190 g/mol. The van der Waals surface area contributed by atoms with Crippen molar-refractivity contribution in [2.75, 3.05) is 12.1 Å². The summed E-state index contributed by atoms with van der Waals surface area (Å²) in [5.74, 6) is 0.669. The molecular formula is C12H18N2. The maximum Gasteiger partial charge on any atom is 0.0590 e. The number of para-hydroxylation sites is 1. The van der Waals surface area contributed by atoms with E-state index < -0.39 is 0 Å². The first-order valence-corrected chi connectivity index (χ1v) is 5.01. The molecule has 0 aromatic heterocycles. The van der Waals surface area contributed by atoms with Crippen LogP contribution >= 0.6 is 0 Å². The molecule has 0 saturated carbocycles. The Kier molecular flexibility index (Phi) is 4.17. The van der Waals surface area contributed by atoms with Gasteiger partial charge in [-0.1, -0.05) is 32.0 Å². The molecular weight excluding hydrogens is 172 g/mol. The lowest BCUT2D eigenvalue weighted by molar-refractivity contribution is 0.688. The van der Waals surface area contributed by atoms with Crippen LogP contribution in [-0.2, 0) is 0 Å². The highest BCUT2D eigenvalue weighted by Gasteiger charge is 1.95. The summed E-state index contributed by atoms with van der Waals surface area (Å²) in [6.45, 7) is 4.38. The summed E-state index contributed by atoms with van der Waals surface area (Å²) in [6, 6.07) is 10.1. The highest BCUT2D eigenvalue weighted by Crippen LogP contribution is 2.10. The maximum absolute atomic E-state index is 4.34. The summed E-state index contributed by atoms with van der Waals surface area (Å²) in [4.78, 5) is 0. The van der Waals surface area contributed by atoms with Crippen LogP contribution in [0.5, 0.6) is 0 Å². The first-order chi connectivity index (χ1) is 6.70. The third-order valence-electron chi connectivity index (χ3n) is 1.96. The Labute approximate surface area is 86.2 Å². The minimum Gasteiger partial charge on any atom is -0.269 e. The molecule has 0 aliphatic heterocycles. The second kappa shape index (κ2) is 5.43. The molecule has 0 aliphatic carbocycles. The Bertz CT molecular complexity index is 278. The van der Waals surface area contributed by atoms with Gasteiger partial charge in [-0.2, -0.15) is 5.10 Å². The van der Waals surface area contributed by atoms with Crippen molar-refractivity contribution in [2.24, 2.45) is 11.0 Å². The highest BCUT2D eigenvalue weighted by molar-refractivity contribution is 5.60. The molecule has 2 nitrogen and oxygen atoms in total. The van der Waals surface area contributed by atoms with Crippen LogP contribution in [0.1, 0.15) is 20.3 Å². The molecule has 2 heteroatoms. The van der Waals surface area contributed by atoms with Gasteiger partial charge in [0.2, 0.25) is 0 Å². The normalized spacial score (nSPS) is 11.1. The molecule has 0 radical (unpaired) electrons. The second-order valence-electron chi connectivity index (χ2n) is 3.79. The molecule has 0 heterocycles. The summed E-state index contributed by atoms with van der Waals surface area (Å²) in [5.41, 5.74) is 1.12. The fraction of sp³-hybridized carbons (Fsp3) is 0.417. The van der Waals surface area contributed by atoms with Crippen LogP contribution in [0.2, 0.25) is 0 Å². The van der Waals surface area contributed by atoms with Crippen molar-refractivity contribution in [1.29, 1.82) is 0 Å². The van der Waals surface area contributed by atoms with Crippen molar-refractivity contribution in [1.82, 2.24) is 0 Å². The molecule has 1 aromatic carbocycles. The fourth-order valence-corrected chi connectivity index (χ4v) is 1.09. The quantitative estimate of drug-likeness (QED) is 0.526. The first kappa shape index (κ1) is 10.8. The number of hydrogen-bond acceptors (Lipinski definition) is 2. The molecule has 14 heavy (non-hydrogen) atoms. The highest BCUT2D eigenvalue weighted by atomic mass is 15.4. The van der Waals surface area contributed by atoms with E-state index in [-0.39, 0.29) is 0 Å². The Morgan fingerprint density at radius 1 is 1.29 bits per heavy atom. The van der Waals surface area contributed by atoms with E-state index in [1.807, 2.05) is 48.6 Å². The van der Waals surface area contributed by atoms with Crippen LogP contribution in [0.15, 0.2) is 35.4 Å². The van der Waals surface area contributed by atoms with E-state index >= 15 is 0 Å². The van der Waals surface area contributed by atoms with Crippen molar-refractivity contribution in [3.63, 3.8) is 0 Å². The van der Waals surface area contributed by atoms with Gasteiger partial charge in [-0.05, 0) is 24.5 Å². The van der Waals surface area contributed by atoms with Crippen LogP contribution in [0, 0.1) is 5.92 Å². The Balaban J connectivity index is 2.50. The number of anilines is 1. The third-order valence-corrected chi connectivity index (χ3v) is 1.96. The SMILES string of the molecule is CC(C)CC=NN(C)c1ccccc1. The van der Waals surface area contributed by atoms with Gasteiger partial charge in [-0.25, -0.2) is 0 Å². The van der Waals surface area contributed by atoms with Gasteiger partial charge < -0.3 is 0 Å². The van der Waals surface area contributed by atoms with Gasteiger partial charge in [-0.15, -0.1) is 0 Å². The van der Waals surface area contributed by atoms with Crippen molar-refractivity contribution in [3.8, 4) is 0 Å². The van der Waals surface area contributed by atoms with Gasteiger partial charge in [0.25, 0.3) is 0 Å². The second-order valence-corrected chi connectivity index (χ2v) is 3.79. The molecule has 76 valence electrons. The predicted octanol–water partition coefficient (Wildman–Crippen LogP) is 3.15. The van der Waals surface area contributed by atoms with E-state index in [1.54, 1.807) is 0 Å². The van der Waals surface area contributed by atoms with E-state index in [2.05, 4.69) is 18.9 Å². The topological polar surface area (TPSA) is 15.6 Å². The minimum absolute atomic E-state index is 0.669. The Morgan fingerprint density at radius 3 is 2.50 bits per heavy atom. The van der Waals surface area contributed by atoms with Crippen molar-refractivity contribution < 1.29 is 0 Å². The van der Waals surface area contributed by atoms with Crippen LogP contribution in [0.3, 0.4) is 0 Å². The molecule has 0 saturated heterocycles. The molecule has 1 aromatic rings. The van der Waals surface area contributed by atoms with Crippen molar-refractivity contribution in [2.45, 2.75) is 20.3 Å². The van der Waals surface area contributed by atoms with Gasteiger partial charge in [0.1, 0.15) is 0 Å². The number of hydrogen-bond donors (Lipinski definition) is 0. The third kappa shape index (κ3) is 3.60. The summed E-state index contributed by atoms with van der Waals surface area (Å²) in [6.07, 6.45) is 2.99. The predicted molar refractivity (Wildman–Crippen MR) is 62.8 cm³/mol. The molecule has 0 fully saturated rings. The lowest BCUT2D eigenvalue weighted by Gasteiger charge is -2.12. The zero-order valence-electron chi connectivity index (χ0n) is 9.14. The summed E-state index contributed by atoms with van der Waals surface area (Å²) < 4.78 is 0. The van der Waals surface area contributed by atoms with Crippen molar-refractivity contribution in [3.05, 3.63) is 30.3 Å². The Morgan fingerprint density at radius 2 is 1.93 bits per heavy atom. The Hall–Kier alpha value is -1.31. The van der Waals surface area contributed by atoms with Gasteiger partial charge >= 0.3 is 0 Å². The van der Waals surface area contributed by atoms with Gasteiger partial charge in [-0.3, -0.25) is 5.01 Å². The number of rotatable bonds is 4. The lowest BCUT2D eigenvalue weighted by Crippen LogP contribution is -2.08. The van der Waals surface area contributed by atoms with E-state index in [0.717, 1.165) is 12.1 Å². The molecule has 0 bridgehead atoms. The number of hydrazone groups is 1. The molecule has 0 aliphatic rings. The van der Waals surface area contributed by atoms with Gasteiger partial charge in [0.15, 0.2) is 0 Å². The molecule has 1 rings (SSSR count). The lowest BCUT2D eigenvalue weighted by atomic mass is 10.2. The molecule has 0 atom stereocenters. The molecule has 0 amide bonds. The zero-order chi connectivity index (χ0) is 10.4. The van der Waals surface area contributed by atoms with Crippen molar-refractivity contribution >= 4 is 11.9 Å². The summed E-state index contributed by atoms with van der Waals surface area (Å²) >= 11 is 0. The van der Waals surface area contributed by atoms with E-state index in [0.29, 0.717) is 5.92 Å². The molecule has 0 N–H and O–H groups in total. The maximum atomic E-state index is 4.34. The van der Waals surface area contributed by atoms with Crippen LogP contribution in [0.25, 0.3) is 0 Å². The first-order valence-electron chi connectivity index (χ1n) is 5.01. The largest absolute Gasteiger partial charge is 0.269 e. The van der Waals surface area contributed by atoms with Gasteiger partial charge in [0, 0.05) is 13.3 Å². The summed E-state index contributed by atoms with van der Waals surface area (Å²) in [5, 5.41) is 6.23. The number of nitrogens with zero attached hydrogens (tertiary/aromatic N) is 2. The van der Waals surface area contributed by atoms with E-state index in [4.69, 9.17) is 0 Å². The van der Waals surface area contributed by atoms with Crippen LogP contribution < -0.4 is 5.01 Å². The average molecular weight is 190 g/mol. The van der Waals surface area contributed by atoms with Crippen LogP contribution in [-0.4, -0.2) is 13.3 Å². The van der Waals surface area contributed by atoms with E-state index in [1.165, 1.54) is 0 Å². The average Bonchev–Trinajstić information content (AvgIpc) is 2.18. The van der Waals surface area contributed by atoms with Crippen LogP contribution in [0.4, 0.5) is 5.69 Å². The zero-order valence-corrected chi connectivity index (χ0v) is 9.14. The fourth-order valence-electron chi connectivity index (χ4n) is 1.09. The van der Waals surface area contributed by atoms with Gasteiger partial charge in [0.05, 0.1) is 5.69 Å². The molecule has 0 spiro atoms. The minimum atomic E-state index is 0.669. The number of benzene rings is 1. The van der Waals surface area contributed by atoms with E-state index in [9.17, 15) is 0 Å². The smallest absolute Gasteiger partial charge is 0.0590 e. The standard InChI is InChI=1S/C12H18N2/c1-11(2)9-10-13-14(3)12-7-5-4-6-8-12/h4-8,10-11H,9H2,1-3H3. The summed E-state index contributed by atoms with van der Waals surface area (Å²) in [7, 11) is 1.96. The molecule has 0 unspecified atom stereocenters.